The van der Waals surface area contributed by atoms with Crippen molar-refractivity contribution in [2.24, 2.45) is 0 Å². The molecular formula is C10H8ClFO. The van der Waals surface area contributed by atoms with Crippen molar-refractivity contribution in [3.63, 3.8) is 0 Å². The molecule has 13 heavy (non-hydrogen) atoms. The normalized spacial score (nSPS) is 21.4. The minimum absolute atomic E-state index is 0.126. The first-order chi connectivity index (χ1) is 6.18. The van der Waals surface area contributed by atoms with E-state index in [1.165, 1.54) is 6.07 Å². The molecule has 1 fully saturated rings. The minimum Gasteiger partial charge on any atom is -0.299 e. The molecule has 0 aliphatic heterocycles. The van der Waals surface area contributed by atoms with E-state index in [-0.39, 0.29) is 17.5 Å². The quantitative estimate of drug-likeness (QED) is 0.678. The van der Waals surface area contributed by atoms with Crippen LogP contribution in [-0.4, -0.2) is 5.78 Å². The summed E-state index contributed by atoms with van der Waals surface area (Å²) < 4.78 is 13.3. The van der Waals surface area contributed by atoms with Gasteiger partial charge in [0.05, 0.1) is 0 Å². The number of Topliss-reactive ketones (excluding diaryl/α,β-unsaturated/α-hetero) is 1. The molecule has 1 aliphatic carbocycles. The number of carbonyl (C=O) groups is 1. The topological polar surface area (TPSA) is 17.1 Å². The van der Waals surface area contributed by atoms with Crippen molar-refractivity contribution < 1.29 is 9.18 Å². The maximum absolute atomic E-state index is 13.3. The summed E-state index contributed by atoms with van der Waals surface area (Å²) in [6, 6.07) is 4.47. The van der Waals surface area contributed by atoms with Crippen LogP contribution >= 0.6 is 11.6 Å². The SMILES string of the molecule is O=C1CCC1c1ccc(Cl)cc1F. The van der Waals surface area contributed by atoms with E-state index in [9.17, 15) is 9.18 Å². The van der Waals surface area contributed by atoms with Crippen molar-refractivity contribution in [2.75, 3.05) is 0 Å². The van der Waals surface area contributed by atoms with Gasteiger partial charge >= 0.3 is 0 Å². The molecule has 1 aliphatic rings. The third-order valence-corrected chi connectivity index (χ3v) is 2.64. The van der Waals surface area contributed by atoms with Crippen molar-refractivity contribution >= 4 is 17.4 Å². The standard InChI is InChI=1S/C10H8ClFO/c11-6-1-2-7(9(12)5-6)8-3-4-10(8)13/h1-2,5,8H,3-4H2. The molecule has 0 bridgehead atoms. The smallest absolute Gasteiger partial charge is 0.140 e. The van der Waals surface area contributed by atoms with Gasteiger partial charge in [0.1, 0.15) is 11.6 Å². The van der Waals surface area contributed by atoms with Crippen LogP contribution < -0.4 is 0 Å². The highest BCUT2D eigenvalue weighted by molar-refractivity contribution is 6.30. The first kappa shape index (κ1) is 8.70. The monoisotopic (exact) mass is 198 g/mol. The number of benzene rings is 1. The van der Waals surface area contributed by atoms with Crippen LogP contribution in [0.4, 0.5) is 4.39 Å². The van der Waals surface area contributed by atoms with Crippen LogP contribution in [0.15, 0.2) is 18.2 Å². The molecule has 68 valence electrons. The first-order valence-corrected chi connectivity index (χ1v) is 4.54. The van der Waals surface area contributed by atoms with Gasteiger partial charge in [-0.15, -0.1) is 0 Å². The fourth-order valence-electron chi connectivity index (χ4n) is 1.52. The second kappa shape index (κ2) is 3.11. The van der Waals surface area contributed by atoms with Crippen LogP contribution in [0.2, 0.25) is 5.02 Å². The number of hydrogen-bond donors (Lipinski definition) is 0. The fraction of sp³-hybridized carbons (Fsp3) is 0.300. The Balaban J connectivity index is 2.35. The number of rotatable bonds is 1. The lowest BCUT2D eigenvalue weighted by Crippen LogP contribution is -2.24. The van der Waals surface area contributed by atoms with Crippen molar-refractivity contribution in [1.29, 1.82) is 0 Å². The summed E-state index contributed by atoms with van der Waals surface area (Å²) in [5.41, 5.74) is 0.487. The van der Waals surface area contributed by atoms with Gasteiger partial charge in [-0.2, -0.15) is 0 Å². The predicted molar refractivity (Wildman–Crippen MR) is 48.4 cm³/mol. The highest BCUT2D eigenvalue weighted by Gasteiger charge is 2.31. The Labute approximate surface area is 80.5 Å². The van der Waals surface area contributed by atoms with E-state index in [1.54, 1.807) is 12.1 Å². The van der Waals surface area contributed by atoms with Gasteiger partial charge in [0.15, 0.2) is 0 Å². The summed E-state index contributed by atoms with van der Waals surface area (Å²) in [6.07, 6.45) is 1.34. The lowest BCUT2D eigenvalue weighted by atomic mass is 9.78. The number of ketones is 1. The molecule has 0 spiro atoms. The van der Waals surface area contributed by atoms with E-state index >= 15 is 0 Å². The number of hydrogen-bond acceptors (Lipinski definition) is 1. The highest BCUT2D eigenvalue weighted by atomic mass is 35.5. The van der Waals surface area contributed by atoms with Crippen molar-refractivity contribution in [3.8, 4) is 0 Å². The number of halogens is 2. The molecule has 0 amide bonds. The molecule has 0 heterocycles. The van der Waals surface area contributed by atoms with E-state index in [0.717, 1.165) is 6.42 Å². The summed E-state index contributed by atoms with van der Waals surface area (Å²) in [5.74, 6) is -0.468. The van der Waals surface area contributed by atoms with Gasteiger partial charge in [-0.25, -0.2) is 4.39 Å². The molecule has 1 aromatic rings. The molecule has 3 heteroatoms. The van der Waals surface area contributed by atoms with Crippen LogP contribution in [0.5, 0.6) is 0 Å². The lowest BCUT2D eigenvalue weighted by Gasteiger charge is -2.24. The molecule has 2 rings (SSSR count). The van der Waals surface area contributed by atoms with E-state index in [2.05, 4.69) is 0 Å². The fourth-order valence-corrected chi connectivity index (χ4v) is 1.68. The van der Waals surface area contributed by atoms with E-state index in [1.807, 2.05) is 0 Å². The molecular weight excluding hydrogens is 191 g/mol. The zero-order chi connectivity index (χ0) is 9.42. The van der Waals surface area contributed by atoms with Gasteiger partial charge in [-0.1, -0.05) is 17.7 Å². The Morgan fingerprint density at radius 3 is 2.69 bits per heavy atom. The second-order valence-corrected chi connectivity index (χ2v) is 3.66. The average molecular weight is 199 g/mol. The van der Waals surface area contributed by atoms with Gasteiger partial charge < -0.3 is 0 Å². The summed E-state index contributed by atoms with van der Waals surface area (Å²) in [7, 11) is 0. The van der Waals surface area contributed by atoms with Crippen LogP contribution in [0.1, 0.15) is 24.3 Å². The predicted octanol–water partition coefficient (Wildman–Crippen LogP) is 2.93. The van der Waals surface area contributed by atoms with Gasteiger partial charge in [0.25, 0.3) is 0 Å². The van der Waals surface area contributed by atoms with Crippen LogP contribution in [0, 0.1) is 5.82 Å². The Hall–Kier alpha value is -0.890. The molecule has 1 atom stereocenters. The largest absolute Gasteiger partial charge is 0.299 e. The van der Waals surface area contributed by atoms with E-state index < -0.39 is 0 Å². The molecule has 1 saturated carbocycles. The van der Waals surface area contributed by atoms with Crippen LogP contribution in [0.25, 0.3) is 0 Å². The molecule has 0 saturated heterocycles. The van der Waals surface area contributed by atoms with Crippen molar-refractivity contribution in [2.45, 2.75) is 18.8 Å². The second-order valence-electron chi connectivity index (χ2n) is 3.22. The molecule has 1 nitrogen and oxygen atoms in total. The summed E-state index contributed by atoms with van der Waals surface area (Å²) in [5, 5.41) is 0.369. The van der Waals surface area contributed by atoms with Gasteiger partial charge in [0, 0.05) is 17.4 Å². The zero-order valence-corrected chi connectivity index (χ0v) is 7.64. The molecule has 0 aromatic heterocycles. The lowest BCUT2D eigenvalue weighted by molar-refractivity contribution is -0.125. The molecule has 0 radical (unpaired) electrons. The third-order valence-electron chi connectivity index (χ3n) is 2.41. The maximum atomic E-state index is 13.3. The van der Waals surface area contributed by atoms with Crippen LogP contribution in [-0.2, 0) is 4.79 Å². The third kappa shape index (κ3) is 1.46. The first-order valence-electron chi connectivity index (χ1n) is 4.16. The average Bonchev–Trinajstić information content (AvgIpc) is 2.07. The van der Waals surface area contributed by atoms with Crippen LogP contribution in [0.3, 0.4) is 0 Å². The number of carbonyl (C=O) groups excluding carboxylic acids is 1. The Kier molecular flexibility index (Phi) is 2.08. The van der Waals surface area contributed by atoms with Crippen molar-refractivity contribution in [1.82, 2.24) is 0 Å². The van der Waals surface area contributed by atoms with Crippen molar-refractivity contribution in [3.05, 3.63) is 34.6 Å². The summed E-state index contributed by atoms with van der Waals surface area (Å²) in [4.78, 5) is 11.1. The molecule has 0 N–H and O–H groups in total. The Morgan fingerprint density at radius 2 is 2.23 bits per heavy atom. The summed E-state index contributed by atoms with van der Waals surface area (Å²) >= 11 is 5.59. The van der Waals surface area contributed by atoms with Gasteiger partial charge in [-0.3, -0.25) is 4.79 Å². The highest BCUT2D eigenvalue weighted by Crippen LogP contribution is 2.34. The Morgan fingerprint density at radius 1 is 1.46 bits per heavy atom. The summed E-state index contributed by atoms with van der Waals surface area (Å²) in [6.45, 7) is 0. The zero-order valence-electron chi connectivity index (χ0n) is 6.89. The van der Waals surface area contributed by atoms with E-state index in [0.29, 0.717) is 17.0 Å². The maximum Gasteiger partial charge on any atom is 0.140 e. The molecule has 1 unspecified atom stereocenters. The van der Waals surface area contributed by atoms with Gasteiger partial charge in [-0.05, 0) is 24.1 Å². The Bertz CT molecular complexity index is 362. The van der Waals surface area contributed by atoms with Gasteiger partial charge in [0.2, 0.25) is 0 Å². The molecule has 1 aromatic carbocycles. The van der Waals surface area contributed by atoms with E-state index in [4.69, 9.17) is 11.6 Å². The minimum atomic E-state index is -0.370.